The van der Waals surface area contributed by atoms with Gasteiger partial charge in [0, 0.05) is 6.20 Å². The third kappa shape index (κ3) is 3.91. The molecule has 0 aliphatic heterocycles. The van der Waals surface area contributed by atoms with Crippen LogP contribution in [0, 0.1) is 18.6 Å². The second-order valence-electron chi connectivity index (χ2n) is 4.83. The van der Waals surface area contributed by atoms with E-state index in [1.807, 2.05) is 0 Å². The van der Waals surface area contributed by atoms with Gasteiger partial charge in [0.05, 0.1) is 22.3 Å². The van der Waals surface area contributed by atoms with Gasteiger partial charge < -0.3 is 5.32 Å². The van der Waals surface area contributed by atoms with Crippen molar-refractivity contribution in [3.63, 3.8) is 0 Å². The van der Waals surface area contributed by atoms with Gasteiger partial charge in [-0.15, -0.1) is 0 Å². The van der Waals surface area contributed by atoms with Crippen molar-refractivity contribution in [2.45, 2.75) is 13.8 Å². The maximum Gasteiger partial charge on any atom is 0.277 e. The molecule has 1 aromatic heterocycles. The Bertz CT molecular complexity index is 790. The standard InChI is InChI=1S/C15H13BBrF2N3O2/c1-3-24-22-15(23)9-5-10(17)11(18)12(19)13(9)21-14-7(2)4-8(16)6-20-14/h4-6H,3H2,1-2H3,(H,20,21)(H,22,23). The predicted molar refractivity (Wildman–Crippen MR) is 90.8 cm³/mol. The number of hydrogen-bond acceptors (Lipinski definition) is 4. The third-order valence-corrected chi connectivity index (χ3v) is 3.64. The van der Waals surface area contributed by atoms with E-state index in [0.717, 1.165) is 6.07 Å². The molecule has 0 spiro atoms. The minimum Gasteiger partial charge on any atom is -0.337 e. The van der Waals surface area contributed by atoms with Gasteiger partial charge in [0.25, 0.3) is 5.91 Å². The Morgan fingerprint density at radius 2 is 2.08 bits per heavy atom. The summed E-state index contributed by atoms with van der Waals surface area (Å²) in [6.07, 6.45) is 1.36. The van der Waals surface area contributed by atoms with Crippen LogP contribution in [0.15, 0.2) is 22.8 Å². The molecule has 2 aromatic rings. The fourth-order valence-electron chi connectivity index (χ4n) is 1.93. The van der Waals surface area contributed by atoms with Crippen molar-refractivity contribution in [1.82, 2.24) is 10.5 Å². The number of halogens is 3. The highest BCUT2D eigenvalue weighted by molar-refractivity contribution is 9.10. The first-order chi connectivity index (χ1) is 11.3. The van der Waals surface area contributed by atoms with Gasteiger partial charge in [-0.3, -0.25) is 9.63 Å². The number of nitrogens with one attached hydrogen (secondary N) is 2. The smallest absolute Gasteiger partial charge is 0.277 e. The Kier molecular flexibility index (Phi) is 5.90. The fourth-order valence-corrected chi connectivity index (χ4v) is 2.34. The van der Waals surface area contributed by atoms with Crippen LogP contribution in [0.25, 0.3) is 0 Å². The Labute approximate surface area is 147 Å². The maximum atomic E-state index is 14.4. The molecule has 1 amide bonds. The average molecular weight is 396 g/mol. The van der Waals surface area contributed by atoms with Crippen LogP contribution in [0.2, 0.25) is 0 Å². The Morgan fingerprint density at radius 3 is 2.71 bits per heavy atom. The Hall–Kier alpha value is -2.00. The van der Waals surface area contributed by atoms with E-state index in [4.69, 9.17) is 12.7 Å². The normalized spacial score (nSPS) is 10.5. The number of carbonyl (C=O) groups excluding carboxylic acids is 1. The number of amides is 1. The van der Waals surface area contributed by atoms with Gasteiger partial charge in [-0.2, -0.15) is 0 Å². The molecule has 1 heterocycles. The fraction of sp³-hybridized carbons (Fsp3) is 0.200. The van der Waals surface area contributed by atoms with Crippen molar-refractivity contribution in [1.29, 1.82) is 0 Å². The van der Waals surface area contributed by atoms with Crippen molar-refractivity contribution in [2.75, 3.05) is 11.9 Å². The van der Waals surface area contributed by atoms with Crippen LogP contribution in [0.5, 0.6) is 0 Å². The summed E-state index contributed by atoms with van der Waals surface area (Å²) < 4.78 is 28.1. The van der Waals surface area contributed by atoms with Gasteiger partial charge in [-0.25, -0.2) is 19.2 Å². The zero-order valence-corrected chi connectivity index (χ0v) is 14.5. The molecule has 124 valence electrons. The van der Waals surface area contributed by atoms with Gasteiger partial charge in [-0.05, 0) is 41.4 Å². The Balaban J connectivity index is 2.50. The molecule has 2 N–H and O–H groups in total. The van der Waals surface area contributed by atoms with Crippen molar-refractivity contribution >= 4 is 46.7 Å². The summed E-state index contributed by atoms with van der Waals surface area (Å²) in [5.41, 5.74) is 2.67. The molecule has 0 saturated heterocycles. The molecule has 0 saturated carbocycles. The number of carbonyl (C=O) groups is 1. The Morgan fingerprint density at radius 1 is 1.38 bits per heavy atom. The first-order valence-electron chi connectivity index (χ1n) is 6.93. The van der Waals surface area contributed by atoms with Crippen LogP contribution in [0.3, 0.4) is 0 Å². The third-order valence-electron chi connectivity index (χ3n) is 3.06. The molecule has 2 radical (unpaired) electrons. The topological polar surface area (TPSA) is 63.2 Å². The number of rotatable bonds is 5. The summed E-state index contributed by atoms with van der Waals surface area (Å²) in [5, 5.41) is 2.64. The van der Waals surface area contributed by atoms with Crippen molar-refractivity contribution in [3.05, 3.63) is 45.6 Å². The van der Waals surface area contributed by atoms with Gasteiger partial charge >= 0.3 is 0 Å². The van der Waals surface area contributed by atoms with E-state index in [2.05, 4.69) is 31.7 Å². The molecule has 0 unspecified atom stereocenters. The molecule has 5 nitrogen and oxygen atoms in total. The largest absolute Gasteiger partial charge is 0.337 e. The highest BCUT2D eigenvalue weighted by Gasteiger charge is 2.22. The predicted octanol–water partition coefficient (Wildman–Crippen LogP) is 2.65. The number of aromatic nitrogens is 1. The molecule has 2 rings (SSSR count). The lowest BCUT2D eigenvalue weighted by Gasteiger charge is -2.15. The summed E-state index contributed by atoms with van der Waals surface area (Å²) in [6, 6.07) is 2.77. The van der Waals surface area contributed by atoms with Gasteiger partial charge in [-0.1, -0.05) is 11.5 Å². The van der Waals surface area contributed by atoms with Crippen LogP contribution >= 0.6 is 15.9 Å². The second-order valence-corrected chi connectivity index (χ2v) is 5.69. The molecular weight excluding hydrogens is 383 g/mol. The van der Waals surface area contributed by atoms with Crippen LogP contribution in [-0.4, -0.2) is 25.3 Å². The molecule has 0 atom stereocenters. The molecular formula is C15H13BBrF2N3O2. The summed E-state index contributed by atoms with van der Waals surface area (Å²) in [7, 11) is 5.62. The van der Waals surface area contributed by atoms with E-state index in [9.17, 15) is 13.6 Å². The number of nitrogens with zero attached hydrogens (tertiary/aromatic N) is 1. The maximum absolute atomic E-state index is 14.4. The minimum atomic E-state index is -1.22. The number of benzene rings is 1. The number of pyridine rings is 1. The average Bonchev–Trinajstić information content (AvgIpc) is 2.54. The SMILES string of the molecule is [B]c1cnc(Nc2c(C(=O)NOCC)cc(Br)c(F)c2F)c(C)c1. The number of anilines is 2. The summed E-state index contributed by atoms with van der Waals surface area (Å²) in [5.74, 6) is -2.83. The molecule has 9 heteroatoms. The van der Waals surface area contributed by atoms with Crippen LogP contribution in [0.1, 0.15) is 22.8 Å². The first kappa shape index (κ1) is 18.3. The minimum absolute atomic E-state index is 0.146. The monoisotopic (exact) mass is 395 g/mol. The van der Waals surface area contributed by atoms with Gasteiger partial charge in [0.15, 0.2) is 11.6 Å². The van der Waals surface area contributed by atoms with Gasteiger partial charge in [0.2, 0.25) is 0 Å². The first-order valence-corrected chi connectivity index (χ1v) is 7.73. The summed E-state index contributed by atoms with van der Waals surface area (Å²) in [6.45, 7) is 3.58. The summed E-state index contributed by atoms with van der Waals surface area (Å²) in [4.78, 5) is 21.0. The van der Waals surface area contributed by atoms with E-state index in [-0.39, 0.29) is 28.1 Å². The quantitative estimate of drug-likeness (QED) is 0.464. The highest BCUT2D eigenvalue weighted by atomic mass is 79.9. The number of hydrogen-bond donors (Lipinski definition) is 2. The molecule has 1 aromatic carbocycles. The number of hydroxylamine groups is 1. The van der Waals surface area contributed by atoms with Crippen LogP contribution in [0.4, 0.5) is 20.3 Å². The summed E-state index contributed by atoms with van der Waals surface area (Å²) >= 11 is 2.88. The van der Waals surface area contributed by atoms with E-state index < -0.39 is 17.5 Å². The second kappa shape index (κ2) is 7.72. The lowest BCUT2D eigenvalue weighted by Crippen LogP contribution is -2.25. The highest BCUT2D eigenvalue weighted by Crippen LogP contribution is 2.31. The van der Waals surface area contributed by atoms with Gasteiger partial charge in [0.1, 0.15) is 13.7 Å². The van der Waals surface area contributed by atoms with E-state index in [0.29, 0.717) is 11.0 Å². The molecule has 0 aliphatic carbocycles. The zero-order chi connectivity index (χ0) is 17.9. The molecule has 24 heavy (non-hydrogen) atoms. The number of aryl methyl sites for hydroxylation is 1. The van der Waals surface area contributed by atoms with Crippen molar-refractivity contribution in [2.24, 2.45) is 0 Å². The van der Waals surface area contributed by atoms with E-state index in [1.54, 1.807) is 19.9 Å². The van der Waals surface area contributed by atoms with Crippen LogP contribution < -0.4 is 16.3 Å². The van der Waals surface area contributed by atoms with Crippen molar-refractivity contribution in [3.8, 4) is 0 Å². The zero-order valence-electron chi connectivity index (χ0n) is 12.9. The lowest BCUT2D eigenvalue weighted by molar-refractivity contribution is 0.0365. The molecule has 0 fully saturated rings. The van der Waals surface area contributed by atoms with E-state index in [1.165, 1.54) is 6.20 Å². The molecule has 0 bridgehead atoms. The lowest BCUT2D eigenvalue weighted by atomic mass is 9.97. The van der Waals surface area contributed by atoms with E-state index >= 15 is 0 Å². The van der Waals surface area contributed by atoms with Crippen LogP contribution in [-0.2, 0) is 4.84 Å². The molecule has 0 aliphatic rings. The van der Waals surface area contributed by atoms with Crippen molar-refractivity contribution < 1.29 is 18.4 Å².